The molecule has 2 aromatic rings. The van der Waals surface area contributed by atoms with Crippen LogP contribution < -0.4 is 0 Å². The van der Waals surface area contributed by atoms with Crippen LogP contribution in [0, 0.1) is 39.7 Å². The molecule has 0 radical (unpaired) electrons. The third-order valence-electron chi connectivity index (χ3n) is 5.66. The number of ketones is 1. The smallest absolute Gasteiger partial charge is 0.177 e. The number of Topliss-reactive ketones (excluding diaryl/α,β-unsaturated/α-hetero) is 1. The minimum atomic E-state index is -1.73. The first-order chi connectivity index (χ1) is 13.4. The molecular weight excluding hydrogens is 360 g/mol. The number of carbonyl (C=O) groups is 1. The number of hydrogen-bond acceptors (Lipinski definition) is 4. The average molecular weight is 375 g/mol. The van der Waals surface area contributed by atoms with Crippen molar-refractivity contribution in [2.45, 2.75) is 24.9 Å². The monoisotopic (exact) mass is 375 g/mol. The Morgan fingerprint density at radius 2 is 1.82 bits per heavy atom. The van der Waals surface area contributed by atoms with E-state index < -0.39 is 35.1 Å². The number of nitriles is 2. The lowest BCUT2D eigenvalue weighted by molar-refractivity contribution is -0.121. The zero-order valence-electron chi connectivity index (χ0n) is 14.9. The Hall–Kier alpha value is -3.51. The van der Waals surface area contributed by atoms with E-state index in [9.17, 15) is 24.1 Å². The van der Waals surface area contributed by atoms with E-state index >= 15 is 0 Å². The highest BCUT2D eigenvalue weighted by Gasteiger charge is 2.63. The first-order valence-corrected chi connectivity index (χ1v) is 8.77. The summed E-state index contributed by atoms with van der Waals surface area (Å²) in [4.78, 5) is 14.3. The summed E-state index contributed by atoms with van der Waals surface area (Å²) in [6.07, 6.45) is 3.49. The molecule has 0 aromatic heterocycles. The Kier molecular flexibility index (Phi) is 4.01. The van der Waals surface area contributed by atoms with Crippen LogP contribution in [0.3, 0.4) is 0 Å². The van der Waals surface area contributed by atoms with E-state index in [1.165, 1.54) is 13.0 Å². The molecule has 2 aliphatic heterocycles. The summed E-state index contributed by atoms with van der Waals surface area (Å²) in [5, 5.41) is 20.3. The Bertz CT molecular complexity index is 1080. The second kappa shape index (κ2) is 6.28. The van der Waals surface area contributed by atoms with Crippen molar-refractivity contribution in [3.63, 3.8) is 0 Å². The van der Waals surface area contributed by atoms with Gasteiger partial charge in [0, 0.05) is 18.2 Å². The summed E-state index contributed by atoms with van der Waals surface area (Å²) in [5.41, 5.74) is -0.175. The average Bonchev–Trinajstić information content (AvgIpc) is 2.99. The molecule has 4 nitrogen and oxygen atoms in total. The van der Waals surface area contributed by atoms with E-state index in [1.807, 2.05) is 18.2 Å². The molecule has 2 aliphatic rings. The number of rotatable bonds is 2. The Morgan fingerprint density at radius 1 is 1.11 bits per heavy atom. The van der Waals surface area contributed by atoms with Crippen molar-refractivity contribution in [2.75, 3.05) is 0 Å². The van der Waals surface area contributed by atoms with Crippen molar-refractivity contribution in [3.05, 3.63) is 77.0 Å². The molecule has 0 bridgehead atoms. The maximum atomic E-state index is 14.7. The van der Waals surface area contributed by atoms with Gasteiger partial charge >= 0.3 is 0 Å². The van der Waals surface area contributed by atoms with Crippen molar-refractivity contribution in [3.8, 4) is 12.1 Å². The third kappa shape index (κ3) is 2.28. The molecule has 0 N–H and O–H groups in total. The summed E-state index contributed by atoms with van der Waals surface area (Å²) in [6.45, 7) is 1.36. The summed E-state index contributed by atoms with van der Waals surface area (Å²) >= 11 is 0. The van der Waals surface area contributed by atoms with Crippen molar-refractivity contribution < 1.29 is 13.6 Å². The predicted octanol–water partition coefficient (Wildman–Crippen LogP) is 4.08. The van der Waals surface area contributed by atoms with Gasteiger partial charge in [-0.2, -0.15) is 10.5 Å². The molecule has 1 fully saturated rings. The largest absolute Gasteiger partial charge is 0.357 e. The highest BCUT2D eigenvalue weighted by atomic mass is 19.1. The van der Waals surface area contributed by atoms with Crippen LogP contribution in [-0.4, -0.2) is 16.7 Å². The van der Waals surface area contributed by atoms with Gasteiger partial charge in [-0.25, -0.2) is 8.78 Å². The topological polar surface area (TPSA) is 67.9 Å². The third-order valence-corrected chi connectivity index (χ3v) is 5.66. The molecule has 28 heavy (non-hydrogen) atoms. The Balaban J connectivity index is 2.03. The SMILES string of the molecule is CC(=O)[C@H]1[C@H](c2ccc(F)cc2F)C(C#N)(C#N)[C@@H]2c3ccccc3C=CN21. The standard InChI is InChI=1S/C22H15F2N3O/c1-13(28)20-19(17-7-6-15(23)10-18(17)24)22(11-25,12-26)21-16-5-3-2-4-14(16)8-9-27(20)21/h2-10,19-21H,1H3/t19-,20-,21-/m0/s1. The highest BCUT2D eigenvalue weighted by Crippen LogP contribution is 2.59. The minimum absolute atomic E-state index is 0.00928. The number of benzene rings is 2. The number of halogens is 2. The van der Waals surface area contributed by atoms with Crippen LogP contribution in [0.2, 0.25) is 0 Å². The normalized spacial score (nSPS) is 24.0. The van der Waals surface area contributed by atoms with Crippen LogP contribution in [0.5, 0.6) is 0 Å². The maximum Gasteiger partial charge on any atom is 0.177 e. The molecular formula is C22H15F2N3O. The van der Waals surface area contributed by atoms with Gasteiger partial charge < -0.3 is 4.90 Å². The molecule has 0 unspecified atom stereocenters. The molecule has 4 rings (SSSR count). The molecule has 0 spiro atoms. The molecule has 0 saturated carbocycles. The zero-order chi connectivity index (χ0) is 20.1. The van der Waals surface area contributed by atoms with Gasteiger partial charge in [-0.15, -0.1) is 0 Å². The van der Waals surface area contributed by atoms with Crippen LogP contribution in [0.4, 0.5) is 8.78 Å². The minimum Gasteiger partial charge on any atom is -0.357 e. The molecule has 2 aromatic carbocycles. The van der Waals surface area contributed by atoms with Gasteiger partial charge in [0.05, 0.1) is 24.2 Å². The molecule has 1 saturated heterocycles. The summed E-state index contributed by atoms with van der Waals surface area (Å²) < 4.78 is 28.2. The lowest BCUT2D eigenvalue weighted by Gasteiger charge is -2.34. The van der Waals surface area contributed by atoms with E-state index in [0.717, 1.165) is 17.2 Å². The molecule has 2 heterocycles. The Labute approximate surface area is 160 Å². The number of nitrogens with zero attached hydrogens (tertiary/aromatic N) is 3. The molecule has 6 heteroatoms. The van der Waals surface area contributed by atoms with Crippen LogP contribution in [0.1, 0.15) is 35.6 Å². The fraction of sp³-hybridized carbons (Fsp3) is 0.227. The predicted molar refractivity (Wildman–Crippen MR) is 97.3 cm³/mol. The first-order valence-electron chi connectivity index (χ1n) is 8.77. The maximum absolute atomic E-state index is 14.7. The second-order valence-corrected chi connectivity index (χ2v) is 7.09. The lowest BCUT2D eigenvalue weighted by atomic mass is 9.67. The van der Waals surface area contributed by atoms with Crippen LogP contribution >= 0.6 is 0 Å². The van der Waals surface area contributed by atoms with Crippen LogP contribution in [0.15, 0.2) is 48.7 Å². The van der Waals surface area contributed by atoms with Gasteiger partial charge in [0.1, 0.15) is 11.6 Å². The van der Waals surface area contributed by atoms with Gasteiger partial charge in [0.2, 0.25) is 0 Å². The molecule has 0 amide bonds. The van der Waals surface area contributed by atoms with E-state index in [4.69, 9.17) is 0 Å². The van der Waals surface area contributed by atoms with Crippen LogP contribution in [-0.2, 0) is 4.79 Å². The second-order valence-electron chi connectivity index (χ2n) is 7.09. The molecule has 138 valence electrons. The fourth-order valence-electron chi connectivity index (χ4n) is 4.55. The summed E-state index contributed by atoms with van der Waals surface area (Å²) in [6, 6.07) is 12.8. The highest BCUT2D eigenvalue weighted by molar-refractivity contribution is 5.85. The molecule has 3 atom stereocenters. The van der Waals surface area contributed by atoms with Gasteiger partial charge in [-0.3, -0.25) is 4.79 Å². The van der Waals surface area contributed by atoms with E-state index in [1.54, 1.807) is 23.2 Å². The number of hydrogen-bond donors (Lipinski definition) is 0. The first kappa shape index (κ1) is 17.9. The van der Waals surface area contributed by atoms with Crippen molar-refractivity contribution in [1.29, 1.82) is 10.5 Å². The van der Waals surface area contributed by atoms with E-state index in [0.29, 0.717) is 6.07 Å². The summed E-state index contributed by atoms with van der Waals surface area (Å²) in [5.74, 6) is -3.00. The van der Waals surface area contributed by atoms with E-state index in [-0.39, 0.29) is 11.3 Å². The summed E-state index contributed by atoms with van der Waals surface area (Å²) in [7, 11) is 0. The zero-order valence-corrected chi connectivity index (χ0v) is 14.9. The Morgan fingerprint density at radius 3 is 2.46 bits per heavy atom. The van der Waals surface area contributed by atoms with Gasteiger partial charge in [-0.1, -0.05) is 30.3 Å². The van der Waals surface area contributed by atoms with Crippen molar-refractivity contribution in [2.24, 2.45) is 5.41 Å². The van der Waals surface area contributed by atoms with Crippen molar-refractivity contribution in [1.82, 2.24) is 4.90 Å². The van der Waals surface area contributed by atoms with Gasteiger partial charge in [0.25, 0.3) is 0 Å². The fourth-order valence-corrected chi connectivity index (χ4v) is 4.55. The molecule has 0 aliphatic carbocycles. The lowest BCUT2D eigenvalue weighted by Crippen LogP contribution is -2.36. The van der Waals surface area contributed by atoms with Gasteiger partial charge in [0.15, 0.2) is 11.2 Å². The number of fused-ring (bicyclic) bond motifs is 3. The van der Waals surface area contributed by atoms with Crippen LogP contribution in [0.25, 0.3) is 6.08 Å². The number of carbonyl (C=O) groups excluding carboxylic acids is 1. The van der Waals surface area contributed by atoms with E-state index in [2.05, 4.69) is 12.1 Å². The van der Waals surface area contributed by atoms with Crippen molar-refractivity contribution >= 4 is 11.9 Å². The van der Waals surface area contributed by atoms with Gasteiger partial charge in [-0.05, 0) is 35.8 Å². The quantitative estimate of drug-likeness (QED) is 0.793.